The van der Waals surface area contributed by atoms with Gasteiger partial charge < -0.3 is 4.57 Å². The minimum Gasteiger partial charge on any atom is -0.308 e. The first kappa shape index (κ1) is 35.9. The van der Waals surface area contributed by atoms with E-state index >= 15 is 0 Å². The van der Waals surface area contributed by atoms with Crippen LogP contribution in [-0.4, -0.2) is 19.5 Å². The average molecular weight is 759 g/mol. The van der Waals surface area contributed by atoms with Gasteiger partial charge in [0.15, 0.2) is 17.5 Å². The first-order chi connectivity index (χ1) is 28.9. The Kier molecular flexibility index (Phi) is 9.03. The summed E-state index contributed by atoms with van der Waals surface area (Å²) in [5.74, 6) is 1.92. The molecular weight excluding hydrogens is 717 g/mol. The molecule has 4 heteroatoms. The second-order valence-electron chi connectivity index (χ2n) is 15.8. The summed E-state index contributed by atoms with van der Waals surface area (Å²) in [5, 5.41) is 3.66. The third kappa shape index (κ3) is 6.59. The summed E-state index contributed by atoms with van der Waals surface area (Å²) < 4.78 is 2.50. The molecule has 4 nitrogen and oxygen atoms in total. The van der Waals surface area contributed by atoms with E-state index in [1.807, 2.05) is 60.7 Å². The van der Waals surface area contributed by atoms with E-state index in [2.05, 4.69) is 165 Å². The molecule has 0 saturated heterocycles. The number of hydrogen-bond donors (Lipinski definition) is 0. The Hall–Kier alpha value is -7.43. The largest absolute Gasteiger partial charge is 0.308 e. The molecule has 282 valence electrons. The molecule has 0 unspecified atom stereocenters. The molecule has 10 rings (SSSR count). The summed E-state index contributed by atoms with van der Waals surface area (Å²) in [6.45, 7) is 6.86. The van der Waals surface area contributed by atoms with Crippen molar-refractivity contribution in [1.29, 1.82) is 0 Å². The number of aromatic nitrogens is 4. The zero-order chi connectivity index (χ0) is 39.9. The predicted molar refractivity (Wildman–Crippen MR) is 246 cm³/mol. The molecular formula is C55H42N4. The first-order valence-corrected chi connectivity index (χ1v) is 20.2. The van der Waals surface area contributed by atoms with Gasteiger partial charge in [0.1, 0.15) is 0 Å². The van der Waals surface area contributed by atoms with Gasteiger partial charge in [-0.3, -0.25) is 0 Å². The third-order valence-electron chi connectivity index (χ3n) is 11.5. The standard InChI is InChI=1S/C55H42N4/c1-37-19-7-6-16-34-55(2,3)48-31-15-14-30-46(48)49-47-33-32-38-20-12-13-29-45(38)51(47)59(50(37)49)44-28-18-26-42(36-44)41-25-17-27-43(35-41)54-57-52(39-21-8-4-9-22-39)56-53(58-54)40-23-10-5-11-24-40/h4-36H,1-3H3/b7-6-,34-16+,37-19+. The van der Waals surface area contributed by atoms with Gasteiger partial charge in [-0.1, -0.05) is 196 Å². The Balaban J connectivity index is 1.19. The van der Waals surface area contributed by atoms with E-state index < -0.39 is 0 Å². The van der Waals surface area contributed by atoms with Crippen molar-refractivity contribution in [1.82, 2.24) is 19.5 Å². The van der Waals surface area contributed by atoms with Gasteiger partial charge >= 0.3 is 0 Å². The lowest BCUT2D eigenvalue weighted by Crippen LogP contribution is -2.15. The molecule has 0 N–H and O–H groups in total. The van der Waals surface area contributed by atoms with E-state index in [0.29, 0.717) is 17.5 Å². The van der Waals surface area contributed by atoms with Crippen LogP contribution in [0, 0.1) is 0 Å². The molecule has 0 spiro atoms. The molecule has 0 aliphatic heterocycles. The van der Waals surface area contributed by atoms with Crippen LogP contribution < -0.4 is 0 Å². The highest BCUT2D eigenvalue weighted by Crippen LogP contribution is 2.46. The van der Waals surface area contributed by atoms with Gasteiger partial charge in [-0.15, -0.1) is 0 Å². The molecule has 0 radical (unpaired) electrons. The van der Waals surface area contributed by atoms with Crippen molar-refractivity contribution in [3.63, 3.8) is 0 Å². The first-order valence-electron chi connectivity index (χ1n) is 20.2. The van der Waals surface area contributed by atoms with Crippen molar-refractivity contribution in [3.05, 3.63) is 211 Å². The number of nitrogens with zero attached hydrogens (tertiary/aromatic N) is 4. The quantitative estimate of drug-likeness (QED) is 0.176. The topological polar surface area (TPSA) is 43.6 Å². The monoisotopic (exact) mass is 758 g/mol. The molecule has 2 heterocycles. The minimum absolute atomic E-state index is 0.200. The van der Waals surface area contributed by atoms with E-state index in [1.54, 1.807) is 0 Å². The van der Waals surface area contributed by atoms with Crippen LogP contribution in [0.15, 0.2) is 200 Å². The van der Waals surface area contributed by atoms with Crippen LogP contribution in [0.2, 0.25) is 0 Å². The lowest BCUT2D eigenvalue weighted by atomic mass is 9.79. The molecule has 1 aliphatic carbocycles. The highest BCUT2D eigenvalue weighted by molar-refractivity contribution is 6.15. The number of hydrogen-bond acceptors (Lipinski definition) is 3. The lowest BCUT2D eigenvalue weighted by Gasteiger charge is -2.25. The Morgan fingerprint density at radius 3 is 1.81 bits per heavy atom. The summed E-state index contributed by atoms with van der Waals surface area (Å²) in [6.07, 6.45) is 11.0. The van der Waals surface area contributed by atoms with Crippen LogP contribution in [0.25, 0.3) is 89.4 Å². The van der Waals surface area contributed by atoms with Crippen molar-refractivity contribution in [2.45, 2.75) is 26.2 Å². The fraction of sp³-hybridized carbons (Fsp3) is 0.0727. The van der Waals surface area contributed by atoms with E-state index in [4.69, 9.17) is 15.0 Å². The van der Waals surface area contributed by atoms with E-state index in [1.165, 1.54) is 49.6 Å². The number of rotatable bonds is 5. The van der Waals surface area contributed by atoms with Crippen LogP contribution in [-0.2, 0) is 5.41 Å². The average Bonchev–Trinajstić information content (AvgIpc) is 3.64. The Morgan fingerprint density at radius 1 is 0.475 bits per heavy atom. The van der Waals surface area contributed by atoms with E-state index in [9.17, 15) is 0 Å². The molecule has 0 bridgehead atoms. The van der Waals surface area contributed by atoms with Crippen molar-refractivity contribution < 1.29 is 0 Å². The summed E-state index contributed by atoms with van der Waals surface area (Å²) in [5.41, 5.74) is 13.2. The van der Waals surface area contributed by atoms with Gasteiger partial charge in [0, 0.05) is 44.1 Å². The summed E-state index contributed by atoms with van der Waals surface area (Å²) in [7, 11) is 0. The zero-order valence-corrected chi connectivity index (χ0v) is 33.3. The second kappa shape index (κ2) is 14.8. The van der Waals surface area contributed by atoms with E-state index in [-0.39, 0.29) is 5.41 Å². The van der Waals surface area contributed by atoms with Crippen LogP contribution >= 0.6 is 0 Å². The maximum atomic E-state index is 5.04. The van der Waals surface area contributed by atoms with Gasteiger partial charge in [-0.25, -0.2) is 15.0 Å². The SMILES string of the molecule is C\C1=C/C=C\C=C\C(C)(C)c2ccccc2-c2c1n(-c1cccc(-c3cccc(-c4nc(-c5ccccc5)nc(-c5ccccc5)n4)c3)c1)c1c2ccc2ccccc21. The second-order valence-corrected chi connectivity index (χ2v) is 15.8. The van der Waals surface area contributed by atoms with Crippen molar-refractivity contribution in [2.24, 2.45) is 0 Å². The van der Waals surface area contributed by atoms with Crippen molar-refractivity contribution >= 4 is 27.2 Å². The van der Waals surface area contributed by atoms with E-state index in [0.717, 1.165) is 33.5 Å². The lowest BCUT2D eigenvalue weighted by molar-refractivity contribution is 0.672. The molecule has 2 aromatic heterocycles. The molecule has 7 aromatic carbocycles. The molecule has 59 heavy (non-hydrogen) atoms. The molecule has 0 saturated carbocycles. The number of fused-ring (bicyclic) bond motifs is 7. The van der Waals surface area contributed by atoms with Crippen LogP contribution in [0.1, 0.15) is 32.0 Å². The van der Waals surface area contributed by atoms with Gasteiger partial charge in [-0.05, 0) is 58.3 Å². The van der Waals surface area contributed by atoms with Gasteiger partial charge in [0.05, 0.1) is 11.2 Å². The van der Waals surface area contributed by atoms with Crippen LogP contribution in [0.4, 0.5) is 0 Å². The fourth-order valence-corrected chi connectivity index (χ4v) is 8.55. The highest BCUT2D eigenvalue weighted by atomic mass is 15.0. The van der Waals surface area contributed by atoms with Crippen molar-refractivity contribution in [2.75, 3.05) is 0 Å². The Morgan fingerprint density at radius 2 is 1.07 bits per heavy atom. The van der Waals surface area contributed by atoms with Crippen molar-refractivity contribution in [3.8, 4) is 62.1 Å². The zero-order valence-electron chi connectivity index (χ0n) is 33.3. The molecule has 0 atom stereocenters. The molecule has 0 fully saturated rings. The molecule has 9 aromatic rings. The Labute approximate surface area is 345 Å². The van der Waals surface area contributed by atoms with Crippen LogP contribution in [0.5, 0.6) is 0 Å². The minimum atomic E-state index is -0.200. The predicted octanol–water partition coefficient (Wildman–Crippen LogP) is 14.1. The summed E-state index contributed by atoms with van der Waals surface area (Å²) in [4.78, 5) is 15.0. The maximum absolute atomic E-state index is 5.04. The highest BCUT2D eigenvalue weighted by Gasteiger charge is 2.28. The third-order valence-corrected chi connectivity index (χ3v) is 11.5. The number of benzene rings is 7. The smallest absolute Gasteiger partial charge is 0.164 e. The number of allylic oxidation sites excluding steroid dienone is 6. The van der Waals surface area contributed by atoms with Gasteiger partial charge in [-0.2, -0.15) is 0 Å². The van der Waals surface area contributed by atoms with Crippen LogP contribution in [0.3, 0.4) is 0 Å². The summed E-state index contributed by atoms with van der Waals surface area (Å²) in [6, 6.07) is 60.0. The normalized spacial score (nSPS) is 15.4. The van der Waals surface area contributed by atoms with Gasteiger partial charge in [0.2, 0.25) is 0 Å². The van der Waals surface area contributed by atoms with Gasteiger partial charge in [0.25, 0.3) is 0 Å². The molecule has 1 aliphatic rings. The maximum Gasteiger partial charge on any atom is 0.164 e. The molecule has 0 amide bonds. The fourth-order valence-electron chi connectivity index (χ4n) is 8.55. The summed E-state index contributed by atoms with van der Waals surface area (Å²) >= 11 is 0. The Bertz CT molecular complexity index is 3070.